The second-order valence-electron chi connectivity index (χ2n) is 5.43. The fraction of sp³-hybridized carbons (Fsp3) is 0.867. The lowest BCUT2D eigenvalue weighted by Gasteiger charge is -2.16. The van der Waals surface area contributed by atoms with Gasteiger partial charge >= 0.3 is 0 Å². The van der Waals surface area contributed by atoms with Crippen LogP contribution in [-0.2, 0) is 4.74 Å². The number of hydrogen-bond acceptors (Lipinski definition) is 5. The predicted molar refractivity (Wildman–Crippen MR) is 77.6 cm³/mol. The Morgan fingerprint density at radius 2 is 2.20 bits per heavy atom. The maximum atomic E-state index is 5.72. The number of nitrogens with zero attached hydrogens (tertiary/aromatic N) is 2. The highest BCUT2D eigenvalue weighted by molar-refractivity contribution is 5.04. The first kappa shape index (κ1) is 15.4. The third-order valence-electron chi connectivity index (χ3n) is 3.96. The van der Waals surface area contributed by atoms with Crippen LogP contribution in [0.4, 0.5) is 0 Å². The number of hydrogen-bond donors (Lipinski definition) is 1. The van der Waals surface area contributed by atoms with Crippen molar-refractivity contribution in [2.75, 3.05) is 13.2 Å². The second kappa shape index (κ2) is 7.74. The van der Waals surface area contributed by atoms with Crippen molar-refractivity contribution in [2.24, 2.45) is 0 Å². The Morgan fingerprint density at radius 1 is 1.35 bits per heavy atom. The molecule has 114 valence electrons. The maximum Gasteiger partial charge on any atom is 0.231 e. The van der Waals surface area contributed by atoms with E-state index in [1.165, 1.54) is 12.8 Å². The first-order valence-electron chi connectivity index (χ1n) is 7.98. The highest BCUT2D eigenvalue weighted by Gasteiger charge is 2.33. The van der Waals surface area contributed by atoms with Crippen LogP contribution in [0.3, 0.4) is 0 Å². The van der Waals surface area contributed by atoms with Crippen LogP contribution in [0.1, 0.15) is 76.6 Å². The van der Waals surface area contributed by atoms with Gasteiger partial charge < -0.3 is 14.6 Å². The molecule has 5 nitrogen and oxygen atoms in total. The quantitative estimate of drug-likeness (QED) is 0.793. The molecule has 1 fully saturated rings. The van der Waals surface area contributed by atoms with Crippen LogP contribution >= 0.6 is 0 Å². The number of ether oxygens (including phenoxy) is 1. The fourth-order valence-corrected chi connectivity index (χ4v) is 3.04. The van der Waals surface area contributed by atoms with Crippen molar-refractivity contribution in [1.82, 2.24) is 15.5 Å². The molecule has 0 saturated heterocycles. The first-order valence-corrected chi connectivity index (χ1v) is 7.98. The molecule has 1 saturated carbocycles. The number of rotatable bonds is 8. The molecule has 5 heteroatoms. The summed E-state index contributed by atoms with van der Waals surface area (Å²) in [6.07, 6.45) is 5.52. The second-order valence-corrected chi connectivity index (χ2v) is 5.43. The smallest absolute Gasteiger partial charge is 0.231 e. The summed E-state index contributed by atoms with van der Waals surface area (Å²) in [5.74, 6) is 1.86. The topological polar surface area (TPSA) is 60.2 Å². The van der Waals surface area contributed by atoms with Gasteiger partial charge in [0, 0.05) is 12.6 Å². The molecule has 0 bridgehead atoms. The van der Waals surface area contributed by atoms with Crippen molar-refractivity contribution in [3.05, 3.63) is 11.7 Å². The van der Waals surface area contributed by atoms with Crippen molar-refractivity contribution in [3.63, 3.8) is 0 Å². The zero-order chi connectivity index (χ0) is 14.4. The van der Waals surface area contributed by atoms with E-state index in [9.17, 15) is 0 Å². The van der Waals surface area contributed by atoms with Gasteiger partial charge in [-0.25, -0.2) is 0 Å². The van der Waals surface area contributed by atoms with Gasteiger partial charge in [-0.2, -0.15) is 4.98 Å². The van der Waals surface area contributed by atoms with E-state index in [-0.39, 0.29) is 6.10 Å². The lowest BCUT2D eigenvalue weighted by molar-refractivity contribution is 0.0477. The third-order valence-corrected chi connectivity index (χ3v) is 3.96. The summed E-state index contributed by atoms with van der Waals surface area (Å²) in [7, 11) is 0. The normalized spacial score (nSPS) is 24.1. The summed E-state index contributed by atoms with van der Waals surface area (Å²) >= 11 is 0. The lowest BCUT2D eigenvalue weighted by Crippen LogP contribution is -2.31. The molecular formula is C15H27N3O2. The van der Waals surface area contributed by atoms with Gasteiger partial charge in [-0.3, -0.25) is 0 Å². The summed E-state index contributed by atoms with van der Waals surface area (Å²) in [5.41, 5.74) is 0. The van der Waals surface area contributed by atoms with E-state index in [4.69, 9.17) is 9.26 Å². The van der Waals surface area contributed by atoms with Gasteiger partial charge in [0.15, 0.2) is 0 Å². The van der Waals surface area contributed by atoms with E-state index >= 15 is 0 Å². The van der Waals surface area contributed by atoms with Crippen LogP contribution in [-0.4, -0.2) is 29.3 Å². The van der Waals surface area contributed by atoms with Crippen LogP contribution in [0.15, 0.2) is 4.52 Å². The summed E-state index contributed by atoms with van der Waals surface area (Å²) in [6.45, 7) is 7.95. The third kappa shape index (κ3) is 3.58. The number of nitrogens with one attached hydrogen (secondary N) is 1. The zero-order valence-electron chi connectivity index (χ0n) is 12.9. The molecule has 0 aliphatic heterocycles. The predicted octanol–water partition coefficient (Wildman–Crippen LogP) is 3.19. The SMILES string of the molecule is CCCC(OCC)c1noc(C2CCCC2NCC)n1. The van der Waals surface area contributed by atoms with E-state index < -0.39 is 0 Å². The van der Waals surface area contributed by atoms with E-state index in [1.807, 2.05) is 6.92 Å². The number of aromatic nitrogens is 2. The maximum absolute atomic E-state index is 5.72. The van der Waals surface area contributed by atoms with Crippen molar-refractivity contribution < 1.29 is 9.26 Å². The van der Waals surface area contributed by atoms with E-state index in [1.54, 1.807) is 0 Å². The Bertz CT molecular complexity index is 388. The molecule has 1 N–H and O–H groups in total. The van der Waals surface area contributed by atoms with Crippen LogP contribution in [0.5, 0.6) is 0 Å². The average molecular weight is 281 g/mol. The zero-order valence-corrected chi connectivity index (χ0v) is 12.9. The van der Waals surface area contributed by atoms with Gasteiger partial charge in [-0.15, -0.1) is 0 Å². The van der Waals surface area contributed by atoms with Gasteiger partial charge in [0.25, 0.3) is 0 Å². The average Bonchev–Trinajstić information content (AvgIpc) is 3.07. The minimum absolute atomic E-state index is 0.0264. The monoisotopic (exact) mass is 281 g/mol. The Labute approximate surface area is 121 Å². The Morgan fingerprint density at radius 3 is 2.90 bits per heavy atom. The molecule has 3 atom stereocenters. The molecule has 0 amide bonds. The summed E-state index contributed by atoms with van der Waals surface area (Å²) in [4.78, 5) is 4.62. The Kier molecular flexibility index (Phi) is 5.98. The van der Waals surface area contributed by atoms with Crippen molar-refractivity contribution in [1.29, 1.82) is 0 Å². The molecule has 1 aromatic rings. The largest absolute Gasteiger partial charge is 0.370 e. The Hall–Kier alpha value is -0.940. The minimum atomic E-state index is -0.0264. The molecule has 20 heavy (non-hydrogen) atoms. The Balaban J connectivity index is 2.06. The molecule has 1 aliphatic rings. The van der Waals surface area contributed by atoms with Crippen LogP contribution < -0.4 is 5.32 Å². The molecular weight excluding hydrogens is 254 g/mol. The number of likely N-dealkylation sites (N-methyl/N-ethyl adjacent to an activating group) is 1. The van der Waals surface area contributed by atoms with E-state index in [0.29, 0.717) is 24.4 Å². The summed E-state index contributed by atoms with van der Waals surface area (Å²) in [6, 6.07) is 0.477. The minimum Gasteiger partial charge on any atom is -0.370 e. The van der Waals surface area contributed by atoms with E-state index in [0.717, 1.165) is 31.7 Å². The van der Waals surface area contributed by atoms with Gasteiger partial charge in [-0.05, 0) is 32.7 Å². The van der Waals surface area contributed by atoms with Crippen LogP contribution in [0, 0.1) is 0 Å². The van der Waals surface area contributed by atoms with Gasteiger partial charge in [0.05, 0.1) is 5.92 Å². The molecule has 0 aromatic carbocycles. The molecule has 0 spiro atoms. The van der Waals surface area contributed by atoms with Gasteiger partial charge in [0.2, 0.25) is 11.7 Å². The molecule has 1 aliphatic carbocycles. The molecule has 2 rings (SSSR count). The molecule has 0 radical (unpaired) electrons. The molecule has 1 heterocycles. The molecule has 1 aromatic heterocycles. The van der Waals surface area contributed by atoms with Crippen molar-refractivity contribution in [3.8, 4) is 0 Å². The van der Waals surface area contributed by atoms with Crippen LogP contribution in [0.2, 0.25) is 0 Å². The van der Waals surface area contributed by atoms with Crippen molar-refractivity contribution in [2.45, 2.75) is 70.9 Å². The molecule has 3 unspecified atom stereocenters. The lowest BCUT2D eigenvalue weighted by atomic mass is 10.0. The highest BCUT2D eigenvalue weighted by Crippen LogP contribution is 2.34. The highest BCUT2D eigenvalue weighted by atomic mass is 16.5. The standard InChI is InChI=1S/C15H27N3O2/c1-4-8-13(19-6-3)14-17-15(20-18-14)11-9-7-10-12(11)16-5-2/h11-13,16H,4-10H2,1-3H3. The van der Waals surface area contributed by atoms with Crippen LogP contribution in [0.25, 0.3) is 0 Å². The van der Waals surface area contributed by atoms with Crippen molar-refractivity contribution >= 4 is 0 Å². The summed E-state index contributed by atoms with van der Waals surface area (Å²) in [5, 5.41) is 7.68. The summed E-state index contributed by atoms with van der Waals surface area (Å²) < 4.78 is 11.2. The first-order chi connectivity index (χ1) is 9.80. The van der Waals surface area contributed by atoms with E-state index in [2.05, 4.69) is 29.3 Å². The van der Waals surface area contributed by atoms with Gasteiger partial charge in [-0.1, -0.05) is 31.8 Å². The van der Waals surface area contributed by atoms with Gasteiger partial charge in [0.1, 0.15) is 6.10 Å². The fourth-order valence-electron chi connectivity index (χ4n) is 3.04.